The van der Waals surface area contributed by atoms with Gasteiger partial charge in [-0.15, -0.1) is 5.10 Å². The number of H-pyrrole nitrogens is 1. The first-order chi connectivity index (χ1) is 10.6. The molecule has 2 aromatic rings. The van der Waals surface area contributed by atoms with Gasteiger partial charge in [-0.1, -0.05) is 0 Å². The summed E-state index contributed by atoms with van der Waals surface area (Å²) in [6, 6.07) is 6.36. The first-order valence-corrected chi connectivity index (χ1v) is 6.52. The van der Waals surface area contributed by atoms with E-state index in [2.05, 4.69) is 10.2 Å². The summed E-state index contributed by atoms with van der Waals surface area (Å²) in [5, 5.41) is 16.2. The van der Waals surface area contributed by atoms with Crippen molar-refractivity contribution >= 4 is 0 Å². The van der Waals surface area contributed by atoms with Crippen molar-refractivity contribution in [2.24, 2.45) is 5.73 Å². The SMILES string of the molecule is COc1ccc(F)c([C@H]2C(C#N)=C(N)Oc3n[nH]c(C)c32)c1. The van der Waals surface area contributed by atoms with Gasteiger partial charge in [0.2, 0.25) is 11.8 Å². The molecule has 1 aromatic heterocycles. The topological polar surface area (TPSA) is 96.9 Å². The fourth-order valence-corrected chi connectivity index (χ4v) is 2.58. The van der Waals surface area contributed by atoms with Crippen molar-refractivity contribution in [2.75, 3.05) is 7.11 Å². The highest BCUT2D eigenvalue weighted by molar-refractivity contribution is 5.56. The molecule has 0 amide bonds. The number of nitrogens with one attached hydrogen (secondary N) is 1. The van der Waals surface area contributed by atoms with E-state index in [9.17, 15) is 9.65 Å². The number of nitriles is 1. The third-order valence-electron chi connectivity index (χ3n) is 3.64. The molecule has 1 aliphatic rings. The molecule has 0 unspecified atom stereocenters. The lowest BCUT2D eigenvalue weighted by Gasteiger charge is -2.24. The van der Waals surface area contributed by atoms with Gasteiger partial charge in [-0.2, -0.15) is 5.26 Å². The van der Waals surface area contributed by atoms with Gasteiger partial charge in [-0.05, 0) is 25.1 Å². The van der Waals surface area contributed by atoms with Gasteiger partial charge in [0.25, 0.3) is 0 Å². The van der Waals surface area contributed by atoms with Gasteiger partial charge in [0.1, 0.15) is 23.2 Å². The molecular weight excluding hydrogens is 287 g/mol. The Morgan fingerprint density at radius 2 is 2.27 bits per heavy atom. The van der Waals surface area contributed by atoms with E-state index in [-0.39, 0.29) is 22.9 Å². The first-order valence-electron chi connectivity index (χ1n) is 6.52. The predicted molar refractivity (Wildman–Crippen MR) is 75.6 cm³/mol. The fourth-order valence-electron chi connectivity index (χ4n) is 2.58. The lowest BCUT2D eigenvalue weighted by Crippen LogP contribution is -2.21. The van der Waals surface area contributed by atoms with Gasteiger partial charge in [0.15, 0.2) is 0 Å². The molecule has 0 fully saturated rings. The second-order valence-corrected chi connectivity index (χ2v) is 4.88. The van der Waals surface area contributed by atoms with Crippen LogP contribution >= 0.6 is 0 Å². The number of hydrogen-bond donors (Lipinski definition) is 2. The zero-order valence-electron chi connectivity index (χ0n) is 12.0. The number of halogens is 1. The largest absolute Gasteiger partial charge is 0.497 e. The molecule has 0 aliphatic carbocycles. The monoisotopic (exact) mass is 300 g/mol. The minimum Gasteiger partial charge on any atom is -0.497 e. The molecule has 0 saturated heterocycles. The minimum absolute atomic E-state index is 0.0753. The summed E-state index contributed by atoms with van der Waals surface area (Å²) in [6.45, 7) is 1.77. The van der Waals surface area contributed by atoms with E-state index in [1.165, 1.54) is 19.2 Å². The fraction of sp³-hybridized carbons (Fsp3) is 0.200. The number of aryl methyl sites for hydroxylation is 1. The highest BCUT2D eigenvalue weighted by Gasteiger charge is 2.35. The Morgan fingerprint density at radius 3 is 2.95 bits per heavy atom. The van der Waals surface area contributed by atoms with E-state index >= 15 is 0 Å². The van der Waals surface area contributed by atoms with Crippen LogP contribution in [0.2, 0.25) is 0 Å². The molecule has 0 bridgehead atoms. The number of rotatable bonds is 2. The Kier molecular flexibility index (Phi) is 3.22. The number of aromatic nitrogens is 2. The van der Waals surface area contributed by atoms with E-state index in [0.717, 1.165) is 0 Å². The quantitative estimate of drug-likeness (QED) is 0.885. The number of allylic oxidation sites excluding steroid dienone is 1. The number of benzene rings is 1. The summed E-state index contributed by atoms with van der Waals surface area (Å²) in [5.41, 5.74) is 7.50. The van der Waals surface area contributed by atoms with Crippen molar-refractivity contribution in [3.8, 4) is 17.7 Å². The lowest BCUT2D eigenvalue weighted by molar-refractivity contribution is 0.377. The van der Waals surface area contributed by atoms with Gasteiger partial charge in [0, 0.05) is 16.8 Å². The molecule has 0 saturated carbocycles. The van der Waals surface area contributed by atoms with Gasteiger partial charge in [-0.25, -0.2) is 4.39 Å². The number of methoxy groups -OCH3 is 1. The van der Waals surface area contributed by atoms with Crippen molar-refractivity contribution < 1.29 is 13.9 Å². The smallest absolute Gasteiger partial charge is 0.244 e. The molecule has 1 atom stereocenters. The van der Waals surface area contributed by atoms with Crippen LogP contribution in [0.25, 0.3) is 0 Å². The van der Waals surface area contributed by atoms with Crippen molar-refractivity contribution in [3.63, 3.8) is 0 Å². The van der Waals surface area contributed by atoms with Crippen LogP contribution in [-0.4, -0.2) is 17.3 Å². The van der Waals surface area contributed by atoms with E-state index in [4.69, 9.17) is 15.2 Å². The van der Waals surface area contributed by atoms with Crippen LogP contribution in [0.1, 0.15) is 22.7 Å². The number of aromatic amines is 1. The van der Waals surface area contributed by atoms with Gasteiger partial charge < -0.3 is 15.2 Å². The molecule has 6 nitrogen and oxygen atoms in total. The molecule has 22 heavy (non-hydrogen) atoms. The summed E-state index contributed by atoms with van der Waals surface area (Å²) in [7, 11) is 1.49. The Morgan fingerprint density at radius 1 is 1.50 bits per heavy atom. The Hall–Kier alpha value is -3.01. The van der Waals surface area contributed by atoms with Gasteiger partial charge in [0.05, 0.1) is 13.0 Å². The molecule has 2 heterocycles. The zero-order valence-corrected chi connectivity index (χ0v) is 12.0. The van der Waals surface area contributed by atoms with E-state index in [0.29, 0.717) is 17.0 Å². The highest BCUT2D eigenvalue weighted by atomic mass is 19.1. The number of nitrogens with two attached hydrogens (primary N) is 1. The van der Waals surface area contributed by atoms with Crippen molar-refractivity contribution in [1.29, 1.82) is 5.26 Å². The Balaban J connectivity index is 2.28. The van der Waals surface area contributed by atoms with Crippen LogP contribution in [0.3, 0.4) is 0 Å². The lowest BCUT2D eigenvalue weighted by atomic mass is 9.84. The summed E-state index contributed by atoms with van der Waals surface area (Å²) < 4.78 is 24.8. The van der Waals surface area contributed by atoms with Crippen molar-refractivity contribution in [2.45, 2.75) is 12.8 Å². The maximum atomic E-state index is 14.4. The van der Waals surface area contributed by atoms with Crippen LogP contribution in [-0.2, 0) is 0 Å². The van der Waals surface area contributed by atoms with Crippen molar-refractivity contribution in [1.82, 2.24) is 10.2 Å². The summed E-state index contributed by atoms with van der Waals surface area (Å²) in [6.07, 6.45) is 0. The average Bonchev–Trinajstić information content (AvgIpc) is 2.87. The maximum absolute atomic E-state index is 14.4. The summed E-state index contributed by atoms with van der Waals surface area (Å²) in [4.78, 5) is 0. The van der Waals surface area contributed by atoms with E-state index in [1.54, 1.807) is 13.0 Å². The Labute approximate surface area is 126 Å². The highest BCUT2D eigenvalue weighted by Crippen LogP contribution is 2.43. The third kappa shape index (κ3) is 1.97. The van der Waals surface area contributed by atoms with Crippen LogP contribution in [0.5, 0.6) is 11.6 Å². The second-order valence-electron chi connectivity index (χ2n) is 4.88. The summed E-state index contributed by atoms with van der Waals surface area (Å²) in [5.74, 6) is -0.487. The van der Waals surface area contributed by atoms with Crippen LogP contribution < -0.4 is 15.2 Å². The molecule has 0 spiro atoms. The molecule has 3 N–H and O–H groups in total. The number of ether oxygens (including phenoxy) is 2. The third-order valence-corrected chi connectivity index (χ3v) is 3.64. The second kappa shape index (κ2) is 5.07. The molecule has 3 rings (SSSR count). The molecule has 0 radical (unpaired) electrons. The van der Waals surface area contributed by atoms with Crippen LogP contribution in [0, 0.1) is 24.1 Å². The first kappa shape index (κ1) is 13.9. The number of nitrogens with zero attached hydrogens (tertiary/aromatic N) is 2. The van der Waals surface area contributed by atoms with Gasteiger partial charge >= 0.3 is 0 Å². The average molecular weight is 300 g/mol. The number of hydrogen-bond acceptors (Lipinski definition) is 5. The van der Waals surface area contributed by atoms with Crippen LogP contribution in [0.15, 0.2) is 29.7 Å². The Bertz CT molecular complexity index is 819. The summed E-state index contributed by atoms with van der Waals surface area (Å²) >= 11 is 0. The van der Waals surface area contributed by atoms with Gasteiger partial charge in [-0.3, -0.25) is 5.10 Å². The minimum atomic E-state index is -0.692. The standard InChI is InChI=1S/C15H13FN4O2/c1-7-12-13(9-5-8(21-2)3-4-11(9)16)10(6-17)14(18)22-15(12)20-19-7/h3-5,13H,18H2,1-2H3,(H,19,20)/t13-/m0/s1. The van der Waals surface area contributed by atoms with E-state index < -0.39 is 11.7 Å². The van der Waals surface area contributed by atoms with Crippen LogP contribution in [0.4, 0.5) is 4.39 Å². The molecule has 1 aromatic carbocycles. The number of fused-ring (bicyclic) bond motifs is 1. The molecule has 1 aliphatic heterocycles. The van der Waals surface area contributed by atoms with Crippen molar-refractivity contribution in [3.05, 3.63) is 52.3 Å². The normalized spacial score (nSPS) is 16.7. The molecule has 112 valence electrons. The maximum Gasteiger partial charge on any atom is 0.244 e. The molecular formula is C15H13FN4O2. The molecule has 7 heteroatoms. The predicted octanol–water partition coefficient (Wildman–Crippen LogP) is 2.08. The van der Waals surface area contributed by atoms with E-state index in [1.807, 2.05) is 6.07 Å². The zero-order chi connectivity index (χ0) is 15.9.